The van der Waals surface area contributed by atoms with E-state index in [1.54, 1.807) is 79.9 Å². The average Bonchev–Trinajstić information content (AvgIpc) is 1.27. The van der Waals surface area contributed by atoms with E-state index >= 15 is 0 Å². The van der Waals surface area contributed by atoms with Crippen molar-refractivity contribution in [1.82, 2.24) is 61.1 Å². The van der Waals surface area contributed by atoms with Gasteiger partial charge in [0, 0.05) is 155 Å². The first-order valence-corrected chi connectivity index (χ1v) is 35.9. The van der Waals surface area contributed by atoms with E-state index in [0.717, 1.165) is 62.0 Å². The monoisotopic (exact) mass is 1530 g/mol. The summed E-state index contributed by atoms with van der Waals surface area (Å²) in [6.45, 7) is 25.5. The third-order valence-corrected chi connectivity index (χ3v) is 19.6. The molecule has 5 atom stereocenters. The van der Waals surface area contributed by atoms with Crippen LogP contribution < -0.4 is 63.8 Å². The number of carbonyl (C=O) groups is 4. The Morgan fingerprint density at radius 3 is 1.27 bits per heavy atom. The highest BCUT2D eigenvalue weighted by Gasteiger charge is 2.43. The van der Waals surface area contributed by atoms with Gasteiger partial charge in [-0.15, -0.1) is 11.3 Å². The Morgan fingerprint density at radius 1 is 0.509 bits per heavy atom. The van der Waals surface area contributed by atoms with Gasteiger partial charge in [0.25, 0.3) is 0 Å². The van der Waals surface area contributed by atoms with E-state index < -0.39 is 52.7 Å². The molecule has 0 aliphatic carbocycles. The lowest BCUT2D eigenvalue weighted by Gasteiger charge is -2.36. The Morgan fingerprint density at radius 2 is 0.880 bits per heavy atom. The number of hydrogen-bond acceptors (Lipinski definition) is 25. The molecule has 8 aromatic rings. The van der Waals surface area contributed by atoms with Crippen LogP contribution in [0.1, 0.15) is 152 Å². The maximum atomic E-state index is 14.1. The quantitative estimate of drug-likeness (QED) is 0.0275. The molecular formula is C76H105F7N20O4S. The smallest absolute Gasteiger partial charge is 0.383 e. The summed E-state index contributed by atoms with van der Waals surface area (Å²) in [6.07, 6.45) is 5.29. The molecular weight excluding hydrogens is 1420 g/mol. The van der Waals surface area contributed by atoms with Gasteiger partial charge in [-0.1, -0.05) is 33.6 Å². The van der Waals surface area contributed by atoms with Crippen LogP contribution in [0.5, 0.6) is 0 Å². The third kappa shape index (κ3) is 19.9. The molecule has 24 nitrogen and oxygen atoms in total. The minimum atomic E-state index is -4.42. The van der Waals surface area contributed by atoms with E-state index in [1.807, 2.05) is 11.8 Å². The molecule has 13 rings (SSSR count). The maximum absolute atomic E-state index is 14.1. The topological polar surface area (TPSA) is 337 Å². The number of piperazine rings is 4. The fourth-order valence-corrected chi connectivity index (χ4v) is 14.3. The Labute approximate surface area is 638 Å². The van der Waals surface area contributed by atoms with Crippen LogP contribution in [0, 0.1) is 12.8 Å². The van der Waals surface area contributed by atoms with Crippen molar-refractivity contribution >= 4 is 97.8 Å². The van der Waals surface area contributed by atoms with E-state index in [4.69, 9.17) is 22.9 Å². The molecule has 0 amide bonds. The fourth-order valence-electron chi connectivity index (χ4n) is 13.4. The van der Waals surface area contributed by atoms with Gasteiger partial charge in [-0.3, -0.25) is 19.2 Å². The number of nitrogens with one attached hydrogen (secondary N) is 4. The van der Waals surface area contributed by atoms with Crippen molar-refractivity contribution in [3.63, 3.8) is 0 Å². The van der Waals surface area contributed by atoms with Gasteiger partial charge in [0.2, 0.25) is 23.1 Å². The zero-order chi connectivity index (χ0) is 77.9. The van der Waals surface area contributed by atoms with E-state index in [1.165, 1.54) is 59.9 Å². The van der Waals surface area contributed by atoms with E-state index in [9.17, 15) is 49.9 Å². The summed E-state index contributed by atoms with van der Waals surface area (Å²) in [4.78, 5) is 93.7. The molecule has 5 fully saturated rings. The number of aryl methyl sites for hydroxylation is 1. The average molecular weight is 1530 g/mol. The highest BCUT2D eigenvalue weighted by atomic mass is 32.1. The number of carbonyl (C=O) groups excluding carboxylic acids is 4. The number of nitrogens with zero attached hydrogens (tertiary/aromatic N) is 12. The predicted octanol–water partition coefficient (Wildman–Crippen LogP) is 12.6. The van der Waals surface area contributed by atoms with Gasteiger partial charge >= 0.3 is 6.18 Å². The van der Waals surface area contributed by atoms with Crippen LogP contribution in [0.3, 0.4) is 0 Å². The van der Waals surface area contributed by atoms with E-state index in [2.05, 4.69) is 105 Å². The van der Waals surface area contributed by atoms with Gasteiger partial charge in [-0.05, 0) is 137 Å². The number of anilines is 8. The number of fused-ring (bicyclic) bond motifs is 2. The minimum absolute atomic E-state index is 0. The lowest BCUT2D eigenvalue weighted by molar-refractivity contribution is -0.155. The molecule has 5 aliphatic rings. The molecule has 108 heavy (non-hydrogen) atoms. The molecule has 5 saturated heterocycles. The van der Waals surface area contributed by atoms with Gasteiger partial charge in [-0.25, -0.2) is 57.4 Å². The van der Waals surface area contributed by atoms with Crippen molar-refractivity contribution in [2.24, 2.45) is 5.92 Å². The normalized spacial score (nSPS) is 18.5. The number of nitrogens with two attached hydrogens (primary N) is 4. The summed E-state index contributed by atoms with van der Waals surface area (Å²) in [5.74, 6) is -1.87. The number of hydrogen-bond donors (Lipinski definition) is 8. The van der Waals surface area contributed by atoms with Crippen molar-refractivity contribution < 1.29 is 62.8 Å². The van der Waals surface area contributed by atoms with Gasteiger partial charge in [0.1, 0.15) is 92.7 Å². The summed E-state index contributed by atoms with van der Waals surface area (Å²) in [7, 11) is 0. The molecule has 4 unspecified atom stereocenters. The molecule has 13 heterocycles. The SMILES string of the molecule is C=C(F)c1ccc(N2CC3CCC(C2)N3)nc1C(=O)c1cccnc1N.C=C(F)c1ccc(N2CCNC(C(F)(F)F)C2)nc1C(=O)c1cccnc1N.C=C(F)c1ccc(N2CCNC(CC(C)(C)F)C2)nc1C(=O)c1cccnc1N.Cc1sc(N2CCN[C@@H](CC(C)C)C2)nc1C(=O)c1cccnc1N.[HH].[HH].[HH].[HH].[HH].[HH].[HH].[HH].[HH]. The molecule has 5 aliphatic heterocycles. The van der Waals surface area contributed by atoms with Crippen molar-refractivity contribution in [3.8, 4) is 0 Å². The third-order valence-electron chi connectivity index (χ3n) is 18.5. The van der Waals surface area contributed by atoms with Gasteiger partial charge in [0.05, 0.1) is 22.3 Å². The first-order valence-electron chi connectivity index (χ1n) is 35.1. The number of thiazole rings is 1. The van der Waals surface area contributed by atoms with Crippen molar-refractivity contribution in [3.05, 3.63) is 196 Å². The van der Waals surface area contributed by atoms with Crippen molar-refractivity contribution in [2.45, 2.75) is 102 Å². The highest BCUT2D eigenvalue weighted by molar-refractivity contribution is 7.15. The summed E-state index contributed by atoms with van der Waals surface area (Å²) < 4.78 is 94.9. The van der Waals surface area contributed by atoms with Gasteiger partial charge in [-0.2, -0.15) is 13.2 Å². The molecule has 0 radical (unpaired) electrons. The van der Waals surface area contributed by atoms with Crippen LogP contribution in [0.15, 0.2) is 129 Å². The van der Waals surface area contributed by atoms with Crippen LogP contribution in [-0.4, -0.2) is 177 Å². The van der Waals surface area contributed by atoms with Crippen LogP contribution >= 0.6 is 11.3 Å². The number of rotatable bonds is 19. The van der Waals surface area contributed by atoms with Crippen LogP contribution in [0.2, 0.25) is 0 Å². The number of aromatic nitrogens is 8. The number of halogens is 7. The summed E-state index contributed by atoms with van der Waals surface area (Å²) in [6, 6.07) is 21.2. The number of ketones is 4. The predicted molar refractivity (Wildman–Crippen MR) is 427 cm³/mol. The molecule has 0 saturated carbocycles. The second-order valence-electron chi connectivity index (χ2n) is 27.7. The Bertz CT molecular complexity index is 4670. The van der Waals surface area contributed by atoms with Crippen molar-refractivity contribution in [1.29, 1.82) is 0 Å². The Kier molecular flexibility index (Phi) is 25.8. The van der Waals surface area contributed by atoms with E-state index in [0.29, 0.717) is 73.0 Å². The molecule has 2 bridgehead atoms. The van der Waals surface area contributed by atoms with Gasteiger partial charge in [0.15, 0.2) is 5.13 Å². The van der Waals surface area contributed by atoms with Crippen LogP contribution in [0.25, 0.3) is 17.5 Å². The molecule has 588 valence electrons. The van der Waals surface area contributed by atoms with Crippen molar-refractivity contribution in [2.75, 3.05) is 115 Å². The van der Waals surface area contributed by atoms with Crippen LogP contribution in [-0.2, 0) is 0 Å². The number of pyridine rings is 7. The van der Waals surface area contributed by atoms with Gasteiger partial charge < -0.3 is 63.8 Å². The zero-order valence-corrected chi connectivity index (χ0v) is 61.3. The molecule has 12 N–H and O–H groups in total. The highest BCUT2D eigenvalue weighted by Crippen LogP contribution is 2.34. The lowest BCUT2D eigenvalue weighted by Crippen LogP contribution is -2.57. The molecule has 0 aromatic carbocycles. The molecule has 0 spiro atoms. The maximum Gasteiger partial charge on any atom is 0.405 e. The Hall–Kier alpha value is -10.7. The second kappa shape index (κ2) is 34.9. The standard InChI is InChI=1S/C21H25F2N5O.C19H20FN5O.C18H17F4N5O.C18H25N5OS.9H2/c1-13(22)15-6-7-17(28-10-9-25-14(12-28)11-21(2,3)23)27-18(15)19(29)16-5-4-8-26-20(16)24;1-11(20)14-6-7-16(25-9-12-4-5-13(10-25)23-12)24-17(14)18(26)15-3-2-8-22-19(15)21;1-10(19)11-4-5-14(27-8-7-24-13(9-27)18(20,21)22)26-15(11)16(28)12-3-2-6-25-17(12)23;1-11(2)9-13-10-23(8-7-20-13)18-22-15(12(3)25-18)16(24)14-5-4-6-21-17(14)19;;;;;;;;;/h4-8,14,25H,1,9-12H2,2-3H3,(H2,24,26);2-3,6-8,12-13,23H,1,4-5,9-10H2,(H2,21,22);2-6,13,24H,1,7-9H2,(H2,23,25);4-6,11,13,20H,7-10H2,1-3H3,(H2,19,21);9*1H/t;;;13-;;;;;;;;;/m...0........./s1. The number of alkyl halides is 4. The van der Waals surface area contributed by atoms with Crippen LogP contribution in [0.4, 0.5) is 76.6 Å². The minimum Gasteiger partial charge on any atom is -0.383 e. The van der Waals surface area contributed by atoms with E-state index in [-0.39, 0.29) is 124 Å². The Balaban J connectivity index is 0.000000761. The summed E-state index contributed by atoms with van der Waals surface area (Å²) in [5, 5.41) is 13.7. The molecule has 8 aromatic heterocycles. The second-order valence-corrected chi connectivity index (χ2v) is 28.8. The zero-order valence-electron chi connectivity index (χ0n) is 60.4. The molecule has 32 heteroatoms. The first-order chi connectivity index (χ1) is 51.3. The number of nitrogen functional groups attached to an aromatic ring is 4. The first kappa shape index (κ1) is 79.9. The largest absolute Gasteiger partial charge is 0.405 e. The lowest BCUT2D eigenvalue weighted by atomic mass is 9.99. The summed E-state index contributed by atoms with van der Waals surface area (Å²) >= 11 is 1.58. The summed E-state index contributed by atoms with van der Waals surface area (Å²) in [5.41, 5.74) is 22.8. The fraction of sp³-hybridized carbons (Fsp3) is 0.368.